The van der Waals surface area contributed by atoms with Gasteiger partial charge in [0.05, 0.1) is 0 Å². The third kappa shape index (κ3) is 5.35. The maximum Gasteiger partial charge on any atom is 0.407 e. The Labute approximate surface area is 187 Å². The van der Waals surface area contributed by atoms with E-state index < -0.39 is 12.1 Å². The van der Waals surface area contributed by atoms with Crippen molar-refractivity contribution >= 4 is 18.0 Å². The number of carbonyl (C=O) groups excluding carboxylic acids is 2. The van der Waals surface area contributed by atoms with Crippen molar-refractivity contribution < 1.29 is 24.2 Å². The Bertz CT molecular complexity index is 985. The average Bonchev–Trinajstić information content (AvgIpc) is 3.10. The summed E-state index contributed by atoms with van der Waals surface area (Å²) in [6.45, 7) is 3.81. The summed E-state index contributed by atoms with van der Waals surface area (Å²) >= 11 is 0. The largest absolute Gasteiger partial charge is 0.480 e. The zero-order valence-electron chi connectivity index (χ0n) is 18.3. The molecule has 0 aliphatic heterocycles. The molecule has 2 amide bonds. The number of nitrogens with zero attached hydrogens (tertiary/aromatic N) is 1. The number of carbonyl (C=O) groups is 3. The summed E-state index contributed by atoms with van der Waals surface area (Å²) in [4.78, 5) is 36.9. The lowest BCUT2D eigenvalue weighted by Gasteiger charge is -2.20. The number of nitrogens with one attached hydrogen (secondary N) is 1. The summed E-state index contributed by atoms with van der Waals surface area (Å²) in [5, 5.41) is 11.6. The van der Waals surface area contributed by atoms with Crippen LogP contribution in [0.2, 0.25) is 0 Å². The molecule has 168 valence electrons. The van der Waals surface area contributed by atoms with Crippen LogP contribution in [-0.2, 0) is 14.3 Å². The van der Waals surface area contributed by atoms with Crippen molar-refractivity contribution in [3.8, 4) is 11.1 Å². The topological polar surface area (TPSA) is 95.9 Å². The van der Waals surface area contributed by atoms with Crippen molar-refractivity contribution in [2.75, 3.05) is 26.2 Å². The second-order valence-corrected chi connectivity index (χ2v) is 7.71. The van der Waals surface area contributed by atoms with Crippen LogP contribution in [0.15, 0.2) is 60.2 Å². The van der Waals surface area contributed by atoms with Crippen LogP contribution in [-0.4, -0.2) is 54.2 Å². The standard InChI is InChI=1S/C25H28N2O5/c1-3-14-27(15-23(28)29)24(30)17(2)12-13-26-25(31)32-16-22-20-10-6-4-8-18(20)19-9-5-7-11-21(19)22/h4-12,22H,3,13-16H2,1-2H3,(H,26,31)(H,28,29)/b17-12+. The van der Waals surface area contributed by atoms with Crippen molar-refractivity contribution in [3.05, 3.63) is 71.3 Å². The molecule has 0 bridgehead atoms. The van der Waals surface area contributed by atoms with Gasteiger partial charge in [-0.15, -0.1) is 0 Å². The van der Waals surface area contributed by atoms with E-state index in [0.29, 0.717) is 18.5 Å². The third-order valence-electron chi connectivity index (χ3n) is 5.44. The minimum absolute atomic E-state index is 0.0226. The number of carboxylic acid groups (broad SMARTS) is 1. The van der Waals surface area contributed by atoms with Gasteiger partial charge in [-0.1, -0.05) is 61.5 Å². The van der Waals surface area contributed by atoms with Crippen molar-refractivity contribution in [3.63, 3.8) is 0 Å². The molecule has 0 saturated heterocycles. The van der Waals surface area contributed by atoms with E-state index in [0.717, 1.165) is 22.3 Å². The van der Waals surface area contributed by atoms with E-state index in [4.69, 9.17) is 9.84 Å². The number of hydrogen-bond acceptors (Lipinski definition) is 4. The molecule has 0 unspecified atom stereocenters. The quantitative estimate of drug-likeness (QED) is 0.583. The van der Waals surface area contributed by atoms with Gasteiger partial charge in [-0.05, 0) is 35.6 Å². The smallest absolute Gasteiger partial charge is 0.407 e. The van der Waals surface area contributed by atoms with Gasteiger partial charge in [0.2, 0.25) is 5.91 Å². The Morgan fingerprint density at radius 2 is 1.66 bits per heavy atom. The number of carboxylic acids is 1. The number of ether oxygens (including phenoxy) is 1. The van der Waals surface area contributed by atoms with Gasteiger partial charge in [0.1, 0.15) is 13.2 Å². The van der Waals surface area contributed by atoms with Crippen LogP contribution in [0.3, 0.4) is 0 Å². The molecule has 0 spiro atoms. The highest BCUT2D eigenvalue weighted by molar-refractivity contribution is 5.94. The first-order valence-corrected chi connectivity index (χ1v) is 10.7. The van der Waals surface area contributed by atoms with Crippen LogP contribution in [0.1, 0.15) is 37.3 Å². The molecular weight excluding hydrogens is 408 g/mol. The Morgan fingerprint density at radius 3 is 2.22 bits per heavy atom. The van der Waals surface area contributed by atoms with Gasteiger partial charge in [-0.2, -0.15) is 0 Å². The molecule has 0 fully saturated rings. The molecular formula is C25H28N2O5. The minimum Gasteiger partial charge on any atom is -0.480 e. The molecule has 2 aromatic carbocycles. The van der Waals surface area contributed by atoms with E-state index in [1.807, 2.05) is 31.2 Å². The molecule has 32 heavy (non-hydrogen) atoms. The van der Waals surface area contributed by atoms with E-state index in [2.05, 4.69) is 29.6 Å². The molecule has 0 aromatic heterocycles. The lowest BCUT2D eigenvalue weighted by molar-refractivity contribution is -0.143. The molecule has 3 rings (SSSR count). The fraction of sp³-hybridized carbons (Fsp3) is 0.320. The average molecular weight is 437 g/mol. The number of amides is 2. The fourth-order valence-corrected chi connectivity index (χ4v) is 3.96. The van der Waals surface area contributed by atoms with Gasteiger partial charge in [0.25, 0.3) is 0 Å². The van der Waals surface area contributed by atoms with Gasteiger partial charge < -0.3 is 20.1 Å². The van der Waals surface area contributed by atoms with Gasteiger partial charge in [0.15, 0.2) is 0 Å². The molecule has 7 heteroatoms. The number of alkyl carbamates (subject to hydrolysis) is 1. The van der Waals surface area contributed by atoms with Crippen molar-refractivity contribution in [1.29, 1.82) is 0 Å². The highest BCUT2D eigenvalue weighted by Gasteiger charge is 2.28. The Morgan fingerprint density at radius 1 is 1.06 bits per heavy atom. The zero-order chi connectivity index (χ0) is 23.1. The molecule has 1 aliphatic rings. The number of hydrogen-bond donors (Lipinski definition) is 2. The lowest BCUT2D eigenvalue weighted by atomic mass is 9.98. The minimum atomic E-state index is -1.06. The monoisotopic (exact) mass is 436 g/mol. The van der Waals surface area contributed by atoms with Crippen LogP contribution >= 0.6 is 0 Å². The predicted molar refractivity (Wildman–Crippen MR) is 121 cm³/mol. The van der Waals surface area contributed by atoms with Gasteiger partial charge in [0, 0.05) is 24.6 Å². The second kappa shape index (κ2) is 10.6. The summed E-state index contributed by atoms with van der Waals surface area (Å²) in [5.74, 6) is -1.44. The molecule has 1 aliphatic carbocycles. The molecule has 0 saturated carbocycles. The van der Waals surface area contributed by atoms with E-state index in [-0.39, 0.29) is 31.5 Å². The van der Waals surface area contributed by atoms with Crippen molar-refractivity contribution in [2.45, 2.75) is 26.2 Å². The molecule has 0 radical (unpaired) electrons. The summed E-state index contributed by atoms with van der Waals surface area (Å²) in [6.07, 6.45) is 1.65. The number of fused-ring (bicyclic) bond motifs is 3. The van der Waals surface area contributed by atoms with E-state index in [1.54, 1.807) is 13.0 Å². The van der Waals surface area contributed by atoms with E-state index in [1.165, 1.54) is 4.90 Å². The Balaban J connectivity index is 1.54. The predicted octanol–water partition coefficient (Wildman–Crippen LogP) is 3.79. The first kappa shape index (κ1) is 23.1. The third-order valence-corrected chi connectivity index (χ3v) is 5.44. The first-order valence-electron chi connectivity index (χ1n) is 10.7. The Hall–Kier alpha value is -3.61. The maximum absolute atomic E-state index is 12.4. The van der Waals surface area contributed by atoms with Crippen LogP contribution in [0.5, 0.6) is 0 Å². The van der Waals surface area contributed by atoms with Crippen LogP contribution in [0.25, 0.3) is 11.1 Å². The molecule has 0 heterocycles. The van der Waals surface area contributed by atoms with Crippen molar-refractivity contribution in [2.24, 2.45) is 0 Å². The SMILES string of the molecule is CCCN(CC(=O)O)C(=O)/C(C)=C/CNC(=O)OCC1c2ccccc2-c2ccccc21. The second-order valence-electron chi connectivity index (χ2n) is 7.71. The van der Waals surface area contributed by atoms with Crippen LogP contribution < -0.4 is 5.32 Å². The number of aliphatic carboxylic acids is 1. The summed E-state index contributed by atoms with van der Waals surface area (Å²) in [6, 6.07) is 16.2. The highest BCUT2D eigenvalue weighted by Crippen LogP contribution is 2.44. The van der Waals surface area contributed by atoms with E-state index in [9.17, 15) is 14.4 Å². The number of rotatable bonds is 9. The van der Waals surface area contributed by atoms with Crippen molar-refractivity contribution in [1.82, 2.24) is 10.2 Å². The molecule has 2 aromatic rings. The maximum atomic E-state index is 12.4. The first-order chi connectivity index (χ1) is 15.4. The normalized spacial score (nSPS) is 12.6. The van der Waals surface area contributed by atoms with Crippen LogP contribution in [0, 0.1) is 0 Å². The Kier molecular flexibility index (Phi) is 7.65. The highest BCUT2D eigenvalue weighted by atomic mass is 16.5. The zero-order valence-corrected chi connectivity index (χ0v) is 18.3. The van der Waals surface area contributed by atoms with Gasteiger partial charge >= 0.3 is 12.1 Å². The van der Waals surface area contributed by atoms with E-state index >= 15 is 0 Å². The fourth-order valence-electron chi connectivity index (χ4n) is 3.96. The molecule has 0 atom stereocenters. The molecule has 2 N–H and O–H groups in total. The summed E-state index contributed by atoms with van der Waals surface area (Å²) in [5.41, 5.74) is 4.97. The van der Waals surface area contributed by atoms with Gasteiger partial charge in [-0.25, -0.2) is 4.79 Å². The van der Waals surface area contributed by atoms with Crippen LogP contribution in [0.4, 0.5) is 4.79 Å². The van der Waals surface area contributed by atoms with Gasteiger partial charge in [-0.3, -0.25) is 9.59 Å². The lowest BCUT2D eigenvalue weighted by Crippen LogP contribution is -2.37. The number of benzene rings is 2. The summed E-state index contributed by atoms with van der Waals surface area (Å²) in [7, 11) is 0. The molecule has 7 nitrogen and oxygen atoms in total. The summed E-state index contributed by atoms with van der Waals surface area (Å²) < 4.78 is 5.47.